The molecule has 0 atom stereocenters. The monoisotopic (exact) mass is 263 g/mol. The maximum absolute atomic E-state index is 11.4. The first-order valence-electron chi connectivity index (χ1n) is 6.23. The summed E-state index contributed by atoms with van der Waals surface area (Å²) in [6, 6.07) is 5.07. The van der Waals surface area contributed by atoms with Crippen molar-refractivity contribution < 1.29 is 19.1 Å². The van der Waals surface area contributed by atoms with Gasteiger partial charge in [0.1, 0.15) is 12.0 Å². The Morgan fingerprint density at radius 1 is 1.32 bits per heavy atom. The number of hydrogen-bond acceptors (Lipinski definition) is 5. The first kappa shape index (κ1) is 13.5. The van der Waals surface area contributed by atoms with E-state index in [9.17, 15) is 9.59 Å². The molecule has 0 unspecified atom stereocenters. The van der Waals surface area contributed by atoms with Gasteiger partial charge in [0.2, 0.25) is 0 Å². The summed E-state index contributed by atoms with van der Waals surface area (Å²) in [6.45, 7) is 1.03. The lowest BCUT2D eigenvalue weighted by Crippen LogP contribution is -2.43. The van der Waals surface area contributed by atoms with Crippen molar-refractivity contribution in [1.29, 1.82) is 0 Å². The number of carbonyl (C=O) groups excluding carboxylic acids is 2. The van der Waals surface area contributed by atoms with Gasteiger partial charge in [-0.3, -0.25) is 9.59 Å². The molecule has 0 radical (unpaired) electrons. The molecular formula is C14H17NO4. The van der Waals surface area contributed by atoms with Crippen molar-refractivity contribution in [2.45, 2.75) is 18.4 Å². The van der Waals surface area contributed by atoms with E-state index in [1.165, 1.54) is 0 Å². The Morgan fingerprint density at radius 2 is 2.05 bits per heavy atom. The fourth-order valence-electron chi connectivity index (χ4n) is 2.09. The van der Waals surface area contributed by atoms with Gasteiger partial charge in [-0.05, 0) is 18.2 Å². The van der Waals surface area contributed by atoms with E-state index in [1.807, 2.05) is 0 Å². The zero-order valence-corrected chi connectivity index (χ0v) is 10.8. The normalized spacial score (nSPS) is 17.5. The van der Waals surface area contributed by atoms with E-state index in [0.717, 1.165) is 12.6 Å². The van der Waals surface area contributed by atoms with E-state index < -0.39 is 5.60 Å². The molecule has 0 spiro atoms. The third kappa shape index (κ3) is 2.93. The molecule has 0 aromatic heterocycles. The Morgan fingerprint density at radius 3 is 2.63 bits per heavy atom. The van der Waals surface area contributed by atoms with Crippen LogP contribution in [0.15, 0.2) is 18.2 Å². The van der Waals surface area contributed by atoms with E-state index in [4.69, 9.17) is 9.47 Å². The lowest BCUT2D eigenvalue weighted by atomic mass is 9.96. The van der Waals surface area contributed by atoms with Gasteiger partial charge in [0.25, 0.3) is 0 Å². The van der Waals surface area contributed by atoms with Crippen molar-refractivity contribution in [1.82, 2.24) is 0 Å². The van der Waals surface area contributed by atoms with Crippen LogP contribution in [0.5, 0.6) is 5.75 Å². The Kier molecular flexibility index (Phi) is 4.16. The average Bonchev–Trinajstić information content (AvgIpc) is 2.48. The molecule has 0 aliphatic carbocycles. The van der Waals surface area contributed by atoms with Crippen molar-refractivity contribution in [2.24, 2.45) is 0 Å². The molecule has 0 amide bonds. The second-order valence-electron chi connectivity index (χ2n) is 4.52. The molecule has 1 fully saturated rings. The van der Waals surface area contributed by atoms with Crippen LogP contribution in [0, 0.1) is 0 Å². The molecule has 1 aliphatic rings. The molecule has 5 heteroatoms. The average molecular weight is 263 g/mol. The quantitative estimate of drug-likeness (QED) is 0.819. The molecule has 1 aliphatic heterocycles. The minimum absolute atomic E-state index is 0.514. The van der Waals surface area contributed by atoms with Crippen molar-refractivity contribution in [3.63, 3.8) is 0 Å². The highest BCUT2D eigenvalue weighted by Crippen LogP contribution is 2.32. The van der Waals surface area contributed by atoms with Crippen LogP contribution in [0.4, 0.5) is 5.69 Å². The highest BCUT2D eigenvalue weighted by atomic mass is 16.5. The molecule has 0 bridgehead atoms. The SMILES string of the molecule is CNc1cc(C=O)ccc1OC1(C=O)CCOCC1. The van der Waals surface area contributed by atoms with E-state index in [0.29, 0.717) is 43.1 Å². The van der Waals surface area contributed by atoms with Gasteiger partial charge >= 0.3 is 0 Å². The lowest BCUT2D eigenvalue weighted by molar-refractivity contribution is -0.129. The van der Waals surface area contributed by atoms with Crippen molar-refractivity contribution >= 4 is 18.3 Å². The number of nitrogens with one attached hydrogen (secondary N) is 1. The van der Waals surface area contributed by atoms with E-state index >= 15 is 0 Å². The second-order valence-corrected chi connectivity index (χ2v) is 4.52. The Bertz CT molecular complexity index is 467. The minimum atomic E-state index is -0.827. The van der Waals surface area contributed by atoms with Gasteiger partial charge in [-0.25, -0.2) is 0 Å². The number of carbonyl (C=O) groups is 2. The molecule has 19 heavy (non-hydrogen) atoms. The van der Waals surface area contributed by atoms with Crippen LogP contribution in [0.1, 0.15) is 23.2 Å². The number of ether oxygens (including phenoxy) is 2. The molecule has 1 N–H and O–H groups in total. The van der Waals surface area contributed by atoms with Crippen molar-refractivity contribution in [2.75, 3.05) is 25.6 Å². The van der Waals surface area contributed by atoms with Crippen LogP contribution in [0.25, 0.3) is 0 Å². The zero-order valence-electron chi connectivity index (χ0n) is 10.8. The standard InChI is InChI=1S/C14H17NO4/c1-15-12-8-11(9-16)2-3-13(12)19-14(10-17)4-6-18-7-5-14/h2-3,8-10,15H,4-7H2,1H3. The van der Waals surface area contributed by atoms with Gasteiger partial charge in [0.15, 0.2) is 11.9 Å². The first-order valence-corrected chi connectivity index (χ1v) is 6.23. The molecule has 0 saturated carbocycles. The first-order chi connectivity index (χ1) is 9.23. The molecule has 5 nitrogen and oxygen atoms in total. The predicted octanol–water partition coefficient (Wildman–Crippen LogP) is 1.67. The van der Waals surface area contributed by atoms with Crippen LogP contribution < -0.4 is 10.1 Å². The maximum atomic E-state index is 11.4. The summed E-state index contributed by atoms with van der Waals surface area (Å²) in [5, 5.41) is 2.97. The van der Waals surface area contributed by atoms with Gasteiger partial charge in [0, 0.05) is 25.5 Å². The Balaban J connectivity index is 2.25. The van der Waals surface area contributed by atoms with Crippen LogP contribution >= 0.6 is 0 Å². The Labute approximate surface area is 111 Å². The fraction of sp³-hybridized carbons (Fsp3) is 0.429. The van der Waals surface area contributed by atoms with Crippen LogP contribution in [0.3, 0.4) is 0 Å². The summed E-state index contributed by atoms with van der Waals surface area (Å²) in [6.07, 6.45) is 2.70. The lowest BCUT2D eigenvalue weighted by Gasteiger charge is -2.33. The number of aldehydes is 2. The summed E-state index contributed by atoms with van der Waals surface area (Å²) in [5.74, 6) is 0.571. The van der Waals surface area contributed by atoms with Gasteiger partial charge in [-0.15, -0.1) is 0 Å². The summed E-state index contributed by atoms with van der Waals surface area (Å²) < 4.78 is 11.1. The molecular weight excluding hydrogens is 246 g/mol. The summed E-state index contributed by atoms with van der Waals surface area (Å²) in [7, 11) is 1.74. The minimum Gasteiger partial charge on any atom is -0.477 e. The number of hydrogen-bond donors (Lipinski definition) is 1. The largest absolute Gasteiger partial charge is 0.477 e. The van der Waals surface area contributed by atoms with Crippen LogP contribution in [-0.2, 0) is 9.53 Å². The molecule has 2 rings (SSSR count). The second kappa shape index (κ2) is 5.84. The third-order valence-corrected chi connectivity index (χ3v) is 3.28. The number of rotatable bonds is 5. The van der Waals surface area contributed by atoms with Gasteiger partial charge < -0.3 is 14.8 Å². The summed E-state index contributed by atoms with van der Waals surface area (Å²) >= 11 is 0. The van der Waals surface area contributed by atoms with E-state index in [-0.39, 0.29) is 0 Å². The van der Waals surface area contributed by atoms with E-state index in [1.54, 1.807) is 25.2 Å². The highest BCUT2D eigenvalue weighted by Gasteiger charge is 2.35. The van der Waals surface area contributed by atoms with E-state index in [2.05, 4.69) is 5.32 Å². The van der Waals surface area contributed by atoms with Gasteiger partial charge in [-0.2, -0.15) is 0 Å². The van der Waals surface area contributed by atoms with Crippen LogP contribution in [-0.4, -0.2) is 38.4 Å². The topological polar surface area (TPSA) is 64.6 Å². The summed E-state index contributed by atoms with van der Waals surface area (Å²) in [5.41, 5.74) is 0.424. The molecule has 1 heterocycles. The fourth-order valence-corrected chi connectivity index (χ4v) is 2.09. The Hall–Kier alpha value is -1.88. The zero-order chi connectivity index (χ0) is 13.7. The number of benzene rings is 1. The predicted molar refractivity (Wildman–Crippen MR) is 70.9 cm³/mol. The molecule has 1 saturated heterocycles. The smallest absolute Gasteiger partial charge is 0.168 e. The third-order valence-electron chi connectivity index (χ3n) is 3.28. The molecule has 1 aromatic rings. The molecule has 1 aromatic carbocycles. The highest BCUT2D eigenvalue weighted by molar-refractivity contribution is 5.79. The van der Waals surface area contributed by atoms with Crippen LogP contribution in [0.2, 0.25) is 0 Å². The van der Waals surface area contributed by atoms with Crippen molar-refractivity contribution in [3.8, 4) is 5.75 Å². The molecule has 102 valence electrons. The number of anilines is 1. The van der Waals surface area contributed by atoms with Gasteiger partial charge in [-0.1, -0.05) is 0 Å². The van der Waals surface area contributed by atoms with Crippen molar-refractivity contribution in [3.05, 3.63) is 23.8 Å². The van der Waals surface area contributed by atoms with Gasteiger partial charge in [0.05, 0.1) is 18.9 Å². The summed E-state index contributed by atoms with van der Waals surface area (Å²) in [4.78, 5) is 22.1. The maximum Gasteiger partial charge on any atom is 0.168 e.